The molecule has 0 unspecified atom stereocenters. The van der Waals surface area contributed by atoms with Crippen LogP contribution < -0.4 is 5.32 Å². The van der Waals surface area contributed by atoms with Crippen molar-refractivity contribution >= 4 is 5.91 Å². The van der Waals surface area contributed by atoms with Crippen molar-refractivity contribution in [3.05, 3.63) is 0 Å². The summed E-state index contributed by atoms with van der Waals surface area (Å²) in [5.74, 6) is -0.943. The molecular formula is C7H11F3N2O. The first kappa shape index (κ1) is 10.3. The van der Waals surface area contributed by atoms with E-state index in [9.17, 15) is 18.0 Å². The maximum Gasteiger partial charge on any atom is 0.487 e. The number of hydrogen-bond donors (Lipinski definition) is 1. The molecule has 1 fully saturated rings. The van der Waals surface area contributed by atoms with E-state index in [0.29, 0.717) is 13.0 Å². The highest BCUT2D eigenvalue weighted by atomic mass is 19.4. The molecule has 1 atom stereocenters. The molecule has 0 radical (unpaired) electrons. The zero-order chi connectivity index (χ0) is 10.1. The highest BCUT2D eigenvalue weighted by molar-refractivity contribution is 5.74. The molecule has 0 saturated carbocycles. The van der Waals surface area contributed by atoms with Crippen LogP contribution in [0.15, 0.2) is 0 Å². The normalized spacial score (nSPS) is 23.2. The van der Waals surface area contributed by atoms with E-state index in [0.717, 1.165) is 6.92 Å². The summed E-state index contributed by atoms with van der Waals surface area (Å²) in [6.07, 6.45) is -4.19. The quantitative estimate of drug-likeness (QED) is 0.626. The number of nitrogens with zero attached hydrogens (tertiary/aromatic N) is 1. The fourth-order valence-electron chi connectivity index (χ4n) is 1.50. The molecule has 1 aliphatic rings. The molecule has 1 rings (SSSR count). The van der Waals surface area contributed by atoms with Crippen molar-refractivity contribution in [1.29, 1.82) is 0 Å². The third-order valence-corrected chi connectivity index (χ3v) is 2.01. The number of hydrogen-bond acceptors (Lipinski definition) is 2. The number of halogens is 3. The van der Waals surface area contributed by atoms with E-state index in [2.05, 4.69) is 5.32 Å². The van der Waals surface area contributed by atoms with E-state index >= 15 is 0 Å². The van der Waals surface area contributed by atoms with Gasteiger partial charge in [0.2, 0.25) is 5.91 Å². The lowest BCUT2D eigenvalue weighted by Gasteiger charge is -2.28. The van der Waals surface area contributed by atoms with Crippen molar-refractivity contribution in [3.8, 4) is 0 Å². The van der Waals surface area contributed by atoms with E-state index in [1.165, 1.54) is 0 Å². The van der Waals surface area contributed by atoms with Gasteiger partial charge in [-0.3, -0.25) is 4.79 Å². The Kier molecular flexibility index (Phi) is 2.80. The van der Waals surface area contributed by atoms with Crippen molar-refractivity contribution in [1.82, 2.24) is 10.2 Å². The minimum absolute atomic E-state index is 0.00694. The van der Waals surface area contributed by atoms with Crippen LogP contribution in [0.3, 0.4) is 0 Å². The molecule has 1 aliphatic heterocycles. The molecule has 13 heavy (non-hydrogen) atoms. The lowest BCUT2D eigenvalue weighted by molar-refractivity contribution is -0.248. The Bertz CT molecular complexity index is 198. The molecule has 6 heteroatoms. The number of amides is 1. The minimum Gasteiger partial charge on any atom is -0.315 e. The molecule has 1 heterocycles. The lowest BCUT2D eigenvalue weighted by Crippen LogP contribution is -2.49. The summed E-state index contributed by atoms with van der Waals surface area (Å²) in [4.78, 5) is 10.7. The highest BCUT2D eigenvalue weighted by Crippen LogP contribution is 2.26. The second-order valence-electron chi connectivity index (χ2n) is 3.00. The van der Waals surface area contributed by atoms with Gasteiger partial charge in [0.25, 0.3) is 0 Å². The zero-order valence-electron chi connectivity index (χ0n) is 7.19. The molecule has 3 nitrogen and oxygen atoms in total. The van der Waals surface area contributed by atoms with E-state index in [4.69, 9.17) is 0 Å². The average molecular weight is 196 g/mol. The lowest BCUT2D eigenvalue weighted by atomic mass is 10.2. The molecule has 1 N–H and O–H groups in total. The third-order valence-electron chi connectivity index (χ3n) is 2.01. The van der Waals surface area contributed by atoms with Crippen LogP contribution in [-0.4, -0.2) is 36.2 Å². The molecule has 0 aliphatic carbocycles. The Labute approximate surface area is 73.9 Å². The number of rotatable bonds is 1. The third kappa shape index (κ3) is 2.33. The summed E-state index contributed by atoms with van der Waals surface area (Å²) in [6.45, 7) is 1.69. The topological polar surface area (TPSA) is 32.3 Å². The summed E-state index contributed by atoms with van der Waals surface area (Å²) in [7, 11) is 0. The molecule has 0 aromatic carbocycles. The summed E-state index contributed by atoms with van der Waals surface area (Å²) in [5, 5.41) is 2.79. The van der Waals surface area contributed by atoms with Crippen LogP contribution in [0.4, 0.5) is 13.2 Å². The molecule has 0 aromatic rings. The molecule has 1 amide bonds. The van der Waals surface area contributed by atoms with Crippen LogP contribution in [0.25, 0.3) is 0 Å². The Hall–Kier alpha value is -0.780. The van der Waals surface area contributed by atoms with Crippen LogP contribution in [0.2, 0.25) is 0 Å². The Balaban J connectivity index is 2.72. The van der Waals surface area contributed by atoms with Gasteiger partial charge in [0, 0.05) is 13.5 Å². The second kappa shape index (κ2) is 3.53. The smallest absolute Gasteiger partial charge is 0.315 e. The molecule has 76 valence electrons. The van der Waals surface area contributed by atoms with Crippen LogP contribution in [-0.2, 0) is 4.79 Å². The molecule has 0 bridgehead atoms. The molecular weight excluding hydrogens is 185 g/mol. The maximum atomic E-state index is 12.3. The maximum absolute atomic E-state index is 12.3. The predicted molar refractivity (Wildman–Crippen MR) is 39.8 cm³/mol. The summed E-state index contributed by atoms with van der Waals surface area (Å²) in [6, 6.07) is -0.738. The first-order valence-electron chi connectivity index (χ1n) is 4.00. The summed E-state index contributed by atoms with van der Waals surface area (Å²) >= 11 is 0. The van der Waals surface area contributed by atoms with Crippen LogP contribution >= 0.6 is 0 Å². The van der Waals surface area contributed by atoms with E-state index < -0.39 is 18.2 Å². The number of carbonyl (C=O) groups is 1. The standard InChI is InChI=1S/C7H11F3N2O/c1-5(13)12(7(8,9)10)6-2-3-11-4-6/h6,11H,2-4H2,1H3/t6-/m1/s1. The molecule has 0 spiro atoms. The van der Waals surface area contributed by atoms with Gasteiger partial charge in [0.15, 0.2) is 0 Å². The van der Waals surface area contributed by atoms with Gasteiger partial charge in [-0.1, -0.05) is 0 Å². The second-order valence-corrected chi connectivity index (χ2v) is 3.00. The monoisotopic (exact) mass is 196 g/mol. The van der Waals surface area contributed by atoms with Crippen molar-refractivity contribution in [3.63, 3.8) is 0 Å². The number of carbonyl (C=O) groups excluding carboxylic acids is 1. The summed E-state index contributed by atoms with van der Waals surface area (Å²) < 4.78 is 36.9. The van der Waals surface area contributed by atoms with Gasteiger partial charge in [-0.05, 0) is 13.0 Å². The van der Waals surface area contributed by atoms with Crippen LogP contribution in [0.1, 0.15) is 13.3 Å². The number of alkyl halides is 3. The van der Waals surface area contributed by atoms with Gasteiger partial charge in [0.05, 0.1) is 6.04 Å². The van der Waals surface area contributed by atoms with E-state index in [1.807, 2.05) is 0 Å². The van der Waals surface area contributed by atoms with Gasteiger partial charge in [-0.25, -0.2) is 4.90 Å². The first-order chi connectivity index (χ1) is 5.93. The summed E-state index contributed by atoms with van der Waals surface area (Å²) in [5.41, 5.74) is 0. The predicted octanol–water partition coefficient (Wildman–Crippen LogP) is 0.717. The SMILES string of the molecule is CC(=O)N([C@@H]1CCNC1)C(F)(F)F. The van der Waals surface area contributed by atoms with Crippen molar-refractivity contribution in [2.24, 2.45) is 0 Å². The van der Waals surface area contributed by atoms with Crippen molar-refractivity contribution in [2.45, 2.75) is 25.7 Å². The van der Waals surface area contributed by atoms with Crippen molar-refractivity contribution < 1.29 is 18.0 Å². The van der Waals surface area contributed by atoms with Gasteiger partial charge >= 0.3 is 6.30 Å². The minimum atomic E-state index is -4.55. The van der Waals surface area contributed by atoms with E-state index in [1.54, 1.807) is 0 Å². The highest BCUT2D eigenvalue weighted by Gasteiger charge is 2.44. The van der Waals surface area contributed by atoms with Gasteiger partial charge in [-0.15, -0.1) is 13.2 Å². The van der Waals surface area contributed by atoms with Gasteiger partial charge < -0.3 is 5.32 Å². The fraction of sp³-hybridized carbons (Fsp3) is 0.857. The van der Waals surface area contributed by atoms with Crippen LogP contribution in [0.5, 0.6) is 0 Å². The van der Waals surface area contributed by atoms with E-state index in [-0.39, 0.29) is 11.4 Å². The average Bonchev–Trinajstić information content (AvgIpc) is 2.34. The molecule has 1 saturated heterocycles. The molecule has 0 aromatic heterocycles. The van der Waals surface area contributed by atoms with Gasteiger partial charge in [0.1, 0.15) is 0 Å². The fourth-order valence-corrected chi connectivity index (χ4v) is 1.50. The Morgan fingerprint density at radius 2 is 2.15 bits per heavy atom. The van der Waals surface area contributed by atoms with Crippen molar-refractivity contribution in [2.75, 3.05) is 13.1 Å². The first-order valence-corrected chi connectivity index (χ1v) is 4.00. The largest absolute Gasteiger partial charge is 0.487 e. The zero-order valence-corrected chi connectivity index (χ0v) is 7.19. The Morgan fingerprint density at radius 1 is 1.54 bits per heavy atom. The van der Waals surface area contributed by atoms with Crippen LogP contribution in [0, 0.1) is 0 Å². The Morgan fingerprint density at radius 3 is 2.46 bits per heavy atom. The van der Waals surface area contributed by atoms with Gasteiger partial charge in [-0.2, -0.15) is 0 Å². The number of nitrogens with one attached hydrogen (secondary N) is 1.